The molecule has 1 aliphatic rings. The predicted octanol–water partition coefficient (Wildman–Crippen LogP) is 0.859. The van der Waals surface area contributed by atoms with Crippen LogP contribution in [-0.2, 0) is 13.6 Å². The summed E-state index contributed by atoms with van der Waals surface area (Å²) in [5.74, 6) is 0.555. The minimum absolute atomic E-state index is 0.105. The summed E-state index contributed by atoms with van der Waals surface area (Å²) in [4.78, 5) is 29.6. The third kappa shape index (κ3) is 1.97. The molecule has 2 aromatic heterocycles. The summed E-state index contributed by atoms with van der Waals surface area (Å²) >= 11 is 0. The molecule has 0 amide bonds. The monoisotopic (exact) mass is 316 g/mol. The minimum Gasteiger partial charge on any atom is -0.294 e. The molecule has 0 saturated carbocycles. The van der Waals surface area contributed by atoms with Crippen LogP contribution < -0.4 is 16.3 Å². The molecule has 0 N–H and O–H groups in total. The van der Waals surface area contributed by atoms with Crippen LogP contribution in [0, 0.1) is 0 Å². The Bertz CT molecular complexity index is 945. The lowest BCUT2D eigenvalue weighted by atomic mass is 10.2. The molecule has 0 radical (unpaired) electrons. The van der Waals surface area contributed by atoms with Crippen molar-refractivity contribution in [2.75, 3.05) is 11.6 Å². The number of hydrogen-bond acceptors (Lipinski definition) is 5. The Morgan fingerprint density at radius 1 is 1.35 bits per heavy atom. The second kappa shape index (κ2) is 5.22. The van der Waals surface area contributed by atoms with E-state index in [1.54, 1.807) is 25.1 Å². The maximum atomic E-state index is 12.8. The Morgan fingerprint density at radius 3 is 2.65 bits per heavy atom. The van der Waals surface area contributed by atoms with Crippen LogP contribution in [0.3, 0.4) is 0 Å². The van der Waals surface area contributed by atoms with Gasteiger partial charge in [0, 0.05) is 13.6 Å². The average Bonchev–Trinajstić information content (AvgIpc) is 2.92. The SMILES string of the molecule is C=CCN1N=C(C)[C@@H](C)n2c1nc1c2c(=O)n(CC)c(=O)n1C. The Morgan fingerprint density at radius 2 is 2.04 bits per heavy atom. The van der Waals surface area contributed by atoms with Gasteiger partial charge in [0.05, 0.1) is 18.3 Å². The van der Waals surface area contributed by atoms with E-state index in [1.807, 2.05) is 18.4 Å². The van der Waals surface area contributed by atoms with Crippen molar-refractivity contribution in [3.8, 4) is 0 Å². The summed E-state index contributed by atoms with van der Waals surface area (Å²) in [6, 6.07) is -0.105. The van der Waals surface area contributed by atoms with Crippen LogP contribution in [0.5, 0.6) is 0 Å². The zero-order valence-electron chi connectivity index (χ0n) is 13.8. The van der Waals surface area contributed by atoms with E-state index < -0.39 is 0 Å². The number of rotatable bonds is 3. The van der Waals surface area contributed by atoms with Gasteiger partial charge in [-0.2, -0.15) is 10.1 Å². The lowest BCUT2D eigenvalue weighted by Crippen LogP contribution is -2.40. The Labute approximate surface area is 133 Å². The summed E-state index contributed by atoms with van der Waals surface area (Å²) in [6.45, 7) is 10.2. The average molecular weight is 316 g/mol. The van der Waals surface area contributed by atoms with Gasteiger partial charge in [0.15, 0.2) is 11.2 Å². The van der Waals surface area contributed by atoms with Gasteiger partial charge in [-0.15, -0.1) is 6.58 Å². The second-order valence-electron chi connectivity index (χ2n) is 5.63. The maximum Gasteiger partial charge on any atom is 0.332 e. The van der Waals surface area contributed by atoms with E-state index in [1.165, 1.54) is 9.13 Å². The van der Waals surface area contributed by atoms with Crippen molar-refractivity contribution in [1.82, 2.24) is 18.7 Å². The first kappa shape index (κ1) is 15.3. The number of hydrogen-bond donors (Lipinski definition) is 0. The topological polar surface area (TPSA) is 77.4 Å². The van der Waals surface area contributed by atoms with Crippen molar-refractivity contribution in [2.24, 2.45) is 12.1 Å². The second-order valence-corrected chi connectivity index (χ2v) is 5.63. The first-order valence-electron chi connectivity index (χ1n) is 7.57. The number of anilines is 1. The standard InChI is InChI=1S/C15H20N6O2/c1-6-8-20-14-16-12-11(21(14)10(4)9(3)17-20)13(22)19(7-2)15(23)18(12)5/h6,10H,1,7-8H2,2-5H3/t10-/m1/s1. The lowest BCUT2D eigenvalue weighted by Gasteiger charge is -2.28. The molecule has 1 atom stereocenters. The molecule has 122 valence electrons. The zero-order valence-corrected chi connectivity index (χ0v) is 13.8. The first-order chi connectivity index (χ1) is 10.9. The number of fused-ring (bicyclic) bond motifs is 3. The van der Waals surface area contributed by atoms with Gasteiger partial charge in [-0.05, 0) is 20.8 Å². The molecular formula is C15H20N6O2. The van der Waals surface area contributed by atoms with Crippen molar-refractivity contribution in [3.63, 3.8) is 0 Å². The largest absolute Gasteiger partial charge is 0.332 e. The molecule has 0 saturated heterocycles. The van der Waals surface area contributed by atoms with Crippen LogP contribution in [0.25, 0.3) is 11.2 Å². The van der Waals surface area contributed by atoms with Crippen LogP contribution in [-0.4, -0.2) is 30.9 Å². The number of aromatic nitrogens is 4. The van der Waals surface area contributed by atoms with Gasteiger partial charge in [-0.3, -0.25) is 18.5 Å². The third-order valence-corrected chi connectivity index (χ3v) is 4.28. The molecule has 1 aliphatic heterocycles. The van der Waals surface area contributed by atoms with Crippen LogP contribution in [0.4, 0.5) is 5.95 Å². The lowest BCUT2D eigenvalue weighted by molar-refractivity contribution is 0.623. The van der Waals surface area contributed by atoms with E-state index in [0.29, 0.717) is 30.2 Å². The number of imidazole rings is 1. The highest BCUT2D eigenvalue weighted by atomic mass is 16.2. The van der Waals surface area contributed by atoms with Crippen LogP contribution in [0.15, 0.2) is 27.3 Å². The van der Waals surface area contributed by atoms with Crippen molar-refractivity contribution in [1.29, 1.82) is 0 Å². The van der Waals surface area contributed by atoms with Gasteiger partial charge < -0.3 is 0 Å². The van der Waals surface area contributed by atoms with E-state index in [2.05, 4.69) is 16.7 Å². The molecule has 0 aliphatic carbocycles. The molecule has 0 unspecified atom stereocenters. The van der Waals surface area contributed by atoms with Crippen molar-refractivity contribution in [3.05, 3.63) is 33.5 Å². The van der Waals surface area contributed by atoms with Crippen LogP contribution >= 0.6 is 0 Å². The first-order valence-corrected chi connectivity index (χ1v) is 7.57. The number of hydrazone groups is 1. The Kier molecular flexibility index (Phi) is 3.46. The van der Waals surface area contributed by atoms with Gasteiger partial charge >= 0.3 is 5.69 Å². The van der Waals surface area contributed by atoms with E-state index >= 15 is 0 Å². The fourth-order valence-electron chi connectivity index (χ4n) is 2.91. The normalized spacial score (nSPS) is 17.3. The molecule has 2 aromatic rings. The highest BCUT2D eigenvalue weighted by molar-refractivity contribution is 5.91. The predicted molar refractivity (Wildman–Crippen MR) is 90.3 cm³/mol. The minimum atomic E-state index is -0.360. The summed E-state index contributed by atoms with van der Waals surface area (Å²) < 4.78 is 4.50. The van der Waals surface area contributed by atoms with Crippen molar-refractivity contribution < 1.29 is 0 Å². The van der Waals surface area contributed by atoms with Gasteiger partial charge in [-0.1, -0.05) is 6.08 Å². The van der Waals surface area contributed by atoms with Crippen molar-refractivity contribution >= 4 is 22.8 Å². The summed E-state index contributed by atoms with van der Waals surface area (Å²) in [6.07, 6.45) is 1.72. The molecule has 3 rings (SSSR count). The summed E-state index contributed by atoms with van der Waals surface area (Å²) in [7, 11) is 1.63. The molecule has 0 bridgehead atoms. The molecule has 0 fully saturated rings. The van der Waals surface area contributed by atoms with E-state index in [0.717, 1.165) is 5.71 Å². The number of aryl methyl sites for hydroxylation is 1. The van der Waals surface area contributed by atoms with Gasteiger partial charge in [0.2, 0.25) is 5.95 Å². The smallest absolute Gasteiger partial charge is 0.294 e. The molecule has 0 aromatic carbocycles. The summed E-state index contributed by atoms with van der Waals surface area (Å²) in [5, 5.41) is 6.21. The third-order valence-electron chi connectivity index (χ3n) is 4.28. The van der Waals surface area contributed by atoms with Gasteiger partial charge in [0.25, 0.3) is 5.56 Å². The van der Waals surface area contributed by atoms with Crippen LogP contribution in [0.2, 0.25) is 0 Å². The van der Waals surface area contributed by atoms with E-state index in [9.17, 15) is 9.59 Å². The Hall–Kier alpha value is -2.64. The quantitative estimate of drug-likeness (QED) is 0.787. The Balaban J connectivity index is 2.47. The number of nitrogens with zero attached hydrogens (tertiary/aromatic N) is 6. The van der Waals surface area contributed by atoms with Gasteiger partial charge in [-0.25, -0.2) is 9.80 Å². The van der Waals surface area contributed by atoms with Gasteiger partial charge in [0.1, 0.15) is 0 Å². The molecule has 8 nitrogen and oxygen atoms in total. The zero-order chi connectivity index (χ0) is 16.9. The van der Waals surface area contributed by atoms with Crippen LogP contribution in [0.1, 0.15) is 26.8 Å². The van der Waals surface area contributed by atoms with E-state index in [4.69, 9.17) is 0 Å². The maximum absolute atomic E-state index is 12.8. The fourth-order valence-corrected chi connectivity index (χ4v) is 2.91. The fraction of sp³-hybridized carbons (Fsp3) is 0.467. The molecule has 0 spiro atoms. The highest BCUT2D eigenvalue weighted by Gasteiger charge is 2.29. The molecule has 8 heteroatoms. The molecule has 3 heterocycles. The van der Waals surface area contributed by atoms with Crippen molar-refractivity contribution in [2.45, 2.75) is 33.4 Å². The highest BCUT2D eigenvalue weighted by Crippen LogP contribution is 2.29. The molecule has 23 heavy (non-hydrogen) atoms. The summed E-state index contributed by atoms with van der Waals surface area (Å²) in [5.41, 5.74) is 1.01. The molecular weight excluding hydrogens is 296 g/mol. The van der Waals surface area contributed by atoms with E-state index in [-0.39, 0.29) is 17.3 Å².